The largest absolute Gasteiger partial charge is 0.356 e. The van der Waals surface area contributed by atoms with Gasteiger partial charge in [-0.05, 0) is 30.5 Å². The van der Waals surface area contributed by atoms with E-state index in [2.05, 4.69) is 53.7 Å². The minimum absolute atomic E-state index is 0. The standard InChI is InChI=1S/C20H27N3OS.HI/c1-16-9-11-18(12-10-16)17(2)15-23-20(21-3)22-13-14-25(24)19-7-5-4-6-8-19;/h4-12,17H,13-15H2,1-3H3,(H2,21,22,23);1H. The van der Waals surface area contributed by atoms with Gasteiger partial charge in [-0.15, -0.1) is 24.0 Å². The van der Waals surface area contributed by atoms with Crippen LogP contribution in [-0.4, -0.2) is 36.1 Å². The summed E-state index contributed by atoms with van der Waals surface area (Å²) in [4.78, 5) is 5.09. The Kier molecular flexibility index (Phi) is 10.5. The Labute approximate surface area is 176 Å². The highest BCUT2D eigenvalue weighted by Crippen LogP contribution is 2.14. The molecule has 0 amide bonds. The van der Waals surface area contributed by atoms with Gasteiger partial charge in [-0.3, -0.25) is 9.20 Å². The molecule has 142 valence electrons. The SMILES string of the molecule is CN=C(NCCS(=O)c1ccccc1)NCC(C)c1ccc(C)cc1.I. The Hall–Kier alpha value is -1.41. The summed E-state index contributed by atoms with van der Waals surface area (Å²) in [6.45, 7) is 5.69. The Morgan fingerprint density at radius 2 is 1.73 bits per heavy atom. The maximum Gasteiger partial charge on any atom is 0.191 e. The molecule has 2 atom stereocenters. The maximum absolute atomic E-state index is 12.2. The van der Waals surface area contributed by atoms with Gasteiger partial charge < -0.3 is 10.6 Å². The first kappa shape index (κ1) is 22.6. The van der Waals surface area contributed by atoms with Crippen molar-refractivity contribution in [2.24, 2.45) is 4.99 Å². The van der Waals surface area contributed by atoms with Crippen LogP contribution in [0.2, 0.25) is 0 Å². The van der Waals surface area contributed by atoms with E-state index in [-0.39, 0.29) is 24.0 Å². The van der Waals surface area contributed by atoms with Crippen molar-refractivity contribution in [1.82, 2.24) is 10.6 Å². The third kappa shape index (κ3) is 7.45. The van der Waals surface area contributed by atoms with E-state index in [0.717, 1.165) is 17.4 Å². The molecule has 2 aromatic rings. The van der Waals surface area contributed by atoms with Gasteiger partial charge in [-0.1, -0.05) is 55.0 Å². The summed E-state index contributed by atoms with van der Waals surface area (Å²) < 4.78 is 12.2. The van der Waals surface area contributed by atoms with Crippen LogP contribution in [0.1, 0.15) is 24.0 Å². The molecule has 0 heterocycles. The first-order chi connectivity index (χ1) is 12.1. The fourth-order valence-corrected chi connectivity index (χ4v) is 3.42. The van der Waals surface area contributed by atoms with E-state index in [4.69, 9.17) is 0 Å². The van der Waals surface area contributed by atoms with Gasteiger partial charge in [0.2, 0.25) is 0 Å². The van der Waals surface area contributed by atoms with Crippen molar-refractivity contribution >= 4 is 40.7 Å². The summed E-state index contributed by atoms with van der Waals surface area (Å²) in [5.41, 5.74) is 2.58. The molecule has 0 saturated heterocycles. The van der Waals surface area contributed by atoms with Crippen LogP contribution in [0.4, 0.5) is 0 Å². The number of nitrogens with one attached hydrogen (secondary N) is 2. The lowest BCUT2D eigenvalue weighted by Gasteiger charge is -2.16. The average molecular weight is 485 g/mol. The highest BCUT2D eigenvalue weighted by Gasteiger charge is 2.07. The second-order valence-electron chi connectivity index (χ2n) is 6.05. The molecule has 0 fully saturated rings. The highest BCUT2D eigenvalue weighted by molar-refractivity contribution is 14.0. The lowest BCUT2D eigenvalue weighted by atomic mass is 10.0. The van der Waals surface area contributed by atoms with Crippen LogP contribution >= 0.6 is 24.0 Å². The lowest BCUT2D eigenvalue weighted by molar-refractivity contribution is 0.679. The molecule has 0 bridgehead atoms. The van der Waals surface area contributed by atoms with E-state index in [0.29, 0.717) is 18.2 Å². The normalized spacial score (nSPS) is 13.4. The quantitative estimate of drug-likeness (QED) is 0.358. The van der Waals surface area contributed by atoms with Crippen molar-refractivity contribution < 1.29 is 4.21 Å². The van der Waals surface area contributed by atoms with Gasteiger partial charge in [0.25, 0.3) is 0 Å². The molecular formula is C20H28IN3OS. The van der Waals surface area contributed by atoms with E-state index in [1.165, 1.54) is 11.1 Å². The number of aryl methyl sites for hydroxylation is 1. The van der Waals surface area contributed by atoms with Crippen LogP contribution in [0, 0.1) is 6.92 Å². The van der Waals surface area contributed by atoms with Crippen LogP contribution in [-0.2, 0) is 10.8 Å². The van der Waals surface area contributed by atoms with E-state index in [1.54, 1.807) is 7.05 Å². The fraction of sp³-hybridized carbons (Fsp3) is 0.350. The maximum atomic E-state index is 12.2. The molecule has 0 spiro atoms. The number of halogens is 1. The molecule has 2 N–H and O–H groups in total. The molecule has 0 aliphatic rings. The summed E-state index contributed by atoms with van der Waals surface area (Å²) in [7, 11) is 0.758. The summed E-state index contributed by atoms with van der Waals surface area (Å²) in [6.07, 6.45) is 0. The van der Waals surface area contributed by atoms with Gasteiger partial charge in [0.15, 0.2) is 5.96 Å². The van der Waals surface area contributed by atoms with Crippen LogP contribution in [0.25, 0.3) is 0 Å². The molecule has 0 aromatic heterocycles. The zero-order valence-corrected chi connectivity index (χ0v) is 18.7. The third-order valence-electron chi connectivity index (χ3n) is 4.03. The molecule has 26 heavy (non-hydrogen) atoms. The first-order valence-corrected chi connectivity index (χ1v) is 9.86. The summed E-state index contributed by atoms with van der Waals surface area (Å²) in [5.74, 6) is 1.68. The van der Waals surface area contributed by atoms with Gasteiger partial charge in [-0.25, -0.2) is 0 Å². The van der Waals surface area contributed by atoms with Gasteiger partial charge >= 0.3 is 0 Å². The third-order valence-corrected chi connectivity index (χ3v) is 5.40. The Morgan fingerprint density at radius 1 is 1.08 bits per heavy atom. The summed E-state index contributed by atoms with van der Waals surface area (Å²) >= 11 is 0. The number of benzene rings is 2. The minimum Gasteiger partial charge on any atom is -0.356 e. The molecule has 2 unspecified atom stereocenters. The zero-order chi connectivity index (χ0) is 18.1. The molecule has 6 heteroatoms. The van der Waals surface area contributed by atoms with Crippen molar-refractivity contribution in [1.29, 1.82) is 0 Å². The monoisotopic (exact) mass is 485 g/mol. The topological polar surface area (TPSA) is 53.5 Å². The Balaban J connectivity index is 0.00000338. The molecular weight excluding hydrogens is 457 g/mol. The second-order valence-corrected chi connectivity index (χ2v) is 7.63. The van der Waals surface area contributed by atoms with Crippen LogP contribution in [0.15, 0.2) is 64.5 Å². The molecule has 0 radical (unpaired) electrons. The van der Waals surface area contributed by atoms with Gasteiger partial charge in [-0.2, -0.15) is 0 Å². The predicted octanol–water partition coefficient (Wildman–Crippen LogP) is 3.69. The molecule has 2 rings (SSSR count). The Morgan fingerprint density at radius 3 is 2.35 bits per heavy atom. The van der Waals surface area contributed by atoms with Crippen molar-refractivity contribution in [2.75, 3.05) is 25.9 Å². The fourth-order valence-electron chi connectivity index (χ4n) is 2.44. The van der Waals surface area contributed by atoms with Gasteiger partial charge in [0.1, 0.15) is 0 Å². The molecule has 0 aliphatic heterocycles. The number of rotatable bonds is 7. The van der Waals surface area contributed by atoms with Crippen molar-refractivity contribution in [3.63, 3.8) is 0 Å². The van der Waals surface area contributed by atoms with E-state index in [9.17, 15) is 4.21 Å². The lowest BCUT2D eigenvalue weighted by Crippen LogP contribution is -2.40. The van der Waals surface area contributed by atoms with Gasteiger partial charge in [0, 0.05) is 30.8 Å². The highest BCUT2D eigenvalue weighted by atomic mass is 127. The second kappa shape index (κ2) is 12.1. The first-order valence-electron chi connectivity index (χ1n) is 8.54. The molecule has 0 aliphatic carbocycles. The van der Waals surface area contributed by atoms with Crippen LogP contribution in [0.5, 0.6) is 0 Å². The number of hydrogen-bond donors (Lipinski definition) is 2. The molecule has 4 nitrogen and oxygen atoms in total. The van der Waals surface area contributed by atoms with Crippen molar-refractivity contribution in [2.45, 2.75) is 24.7 Å². The number of guanidine groups is 1. The van der Waals surface area contributed by atoms with Crippen LogP contribution in [0.3, 0.4) is 0 Å². The smallest absolute Gasteiger partial charge is 0.191 e. The summed E-state index contributed by atoms with van der Waals surface area (Å²) in [5, 5.41) is 6.57. The molecule has 2 aromatic carbocycles. The van der Waals surface area contributed by atoms with Crippen LogP contribution < -0.4 is 10.6 Å². The number of nitrogens with zero attached hydrogens (tertiary/aromatic N) is 1. The average Bonchev–Trinajstić information content (AvgIpc) is 2.65. The Bertz CT molecular complexity index is 705. The van der Waals surface area contributed by atoms with E-state index < -0.39 is 10.8 Å². The number of hydrogen-bond acceptors (Lipinski definition) is 2. The van der Waals surface area contributed by atoms with E-state index in [1.807, 2.05) is 30.3 Å². The minimum atomic E-state index is -0.992. The predicted molar refractivity (Wildman–Crippen MR) is 122 cm³/mol. The van der Waals surface area contributed by atoms with Crippen molar-refractivity contribution in [3.8, 4) is 0 Å². The zero-order valence-electron chi connectivity index (χ0n) is 15.6. The van der Waals surface area contributed by atoms with E-state index >= 15 is 0 Å². The van der Waals surface area contributed by atoms with Gasteiger partial charge in [0.05, 0.1) is 10.8 Å². The number of aliphatic imine (C=N–C) groups is 1. The summed E-state index contributed by atoms with van der Waals surface area (Å²) in [6, 6.07) is 18.2. The molecule has 0 saturated carbocycles. The van der Waals surface area contributed by atoms with Crippen molar-refractivity contribution in [3.05, 3.63) is 65.7 Å².